The van der Waals surface area contributed by atoms with Crippen LogP contribution in [0, 0.1) is 13.8 Å². The Kier molecular flexibility index (Phi) is 5.61. The molecule has 0 aliphatic carbocycles. The number of hydrogen-bond donors (Lipinski definition) is 3. The van der Waals surface area contributed by atoms with Gasteiger partial charge >= 0.3 is 0 Å². The normalized spacial score (nSPS) is 10.8. The lowest BCUT2D eigenvalue weighted by atomic mass is 10.1. The van der Waals surface area contributed by atoms with Gasteiger partial charge in [0, 0.05) is 27.1 Å². The number of nitrogens with zero attached hydrogens (tertiary/aromatic N) is 2. The van der Waals surface area contributed by atoms with Crippen LogP contribution >= 0.6 is 23.1 Å². The zero-order valence-corrected chi connectivity index (χ0v) is 16.7. The molecule has 3 aromatic rings. The summed E-state index contributed by atoms with van der Waals surface area (Å²) in [5, 5.41) is 4.34. The van der Waals surface area contributed by atoms with E-state index in [4.69, 9.17) is 11.5 Å². The SMILES string of the molecule is Cc1sc2ncnc(SCC(=O)Nc3cc(C(N)=O)cc(C(N)=O)c3)c2c1C. The number of aryl methyl sites for hydroxylation is 2. The van der Waals surface area contributed by atoms with Crippen LogP contribution in [0.2, 0.25) is 0 Å². The zero-order chi connectivity index (χ0) is 20.4. The minimum atomic E-state index is -0.723. The van der Waals surface area contributed by atoms with Gasteiger partial charge in [-0.2, -0.15) is 0 Å². The number of nitrogens with one attached hydrogen (secondary N) is 1. The highest BCUT2D eigenvalue weighted by Crippen LogP contribution is 2.34. The molecule has 0 atom stereocenters. The molecule has 1 aromatic carbocycles. The first-order valence-corrected chi connectivity index (χ1v) is 9.94. The second-order valence-corrected chi connectivity index (χ2v) is 8.17. The predicted octanol–water partition coefficient (Wildman–Crippen LogP) is 2.24. The first-order valence-electron chi connectivity index (χ1n) is 8.14. The molecule has 2 aromatic heterocycles. The topological polar surface area (TPSA) is 141 Å². The second kappa shape index (κ2) is 7.95. The fourth-order valence-corrected chi connectivity index (χ4v) is 4.49. The summed E-state index contributed by atoms with van der Waals surface area (Å²) < 4.78 is 0. The summed E-state index contributed by atoms with van der Waals surface area (Å²) in [7, 11) is 0. The molecule has 0 bridgehead atoms. The summed E-state index contributed by atoms with van der Waals surface area (Å²) in [6.07, 6.45) is 1.48. The van der Waals surface area contributed by atoms with Crippen molar-refractivity contribution in [1.82, 2.24) is 9.97 Å². The third-order valence-corrected chi connectivity index (χ3v) is 6.16. The van der Waals surface area contributed by atoms with Crippen molar-refractivity contribution in [2.75, 3.05) is 11.1 Å². The van der Waals surface area contributed by atoms with Gasteiger partial charge in [0.15, 0.2) is 0 Å². The van der Waals surface area contributed by atoms with Gasteiger partial charge in [-0.05, 0) is 37.6 Å². The van der Waals surface area contributed by atoms with E-state index < -0.39 is 11.8 Å². The average molecular weight is 416 g/mol. The number of carbonyl (C=O) groups is 3. The van der Waals surface area contributed by atoms with E-state index in [9.17, 15) is 14.4 Å². The number of thiophene rings is 1. The first-order chi connectivity index (χ1) is 13.3. The zero-order valence-electron chi connectivity index (χ0n) is 15.1. The van der Waals surface area contributed by atoms with Gasteiger partial charge in [-0.1, -0.05) is 11.8 Å². The number of thioether (sulfide) groups is 1. The minimum absolute atomic E-state index is 0.0844. The van der Waals surface area contributed by atoms with E-state index in [-0.39, 0.29) is 28.5 Å². The molecular weight excluding hydrogens is 398 g/mol. The fraction of sp³-hybridized carbons (Fsp3) is 0.167. The lowest BCUT2D eigenvalue weighted by Gasteiger charge is -2.09. The smallest absolute Gasteiger partial charge is 0.248 e. The van der Waals surface area contributed by atoms with Gasteiger partial charge < -0.3 is 16.8 Å². The van der Waals surface area contributed by atoms with Crippen molar-refractivity contribution in [2.24, 2.45) is 11.5 Å². The molecule has 3 amide bonds. The largest absolute Gasteiger partial charge is 0.366 e. The Morgan fingerprint density at radius 1 is 1.07 bits per heavy atom. The molecule has 2 heterocycles. The Morgan fingerprint density at radius 3 is 2.32 bits per heavy atom. The van der Waals surface area contributed by atoms with Crippen LogP contribution in [0.4, 0.5) is 5.69 Å². The van der Waals surface area contributed by atoms with Crippen LogP contribution in [0.25, 0.3) is 10.2 Å². The van der Waals surface area contributed by atoms with Crippen LogP contribution in [-0.4, -0.2) is 33.4 Å². The van der Waals surface area contributed by atoms with Crippen molar-refractivity contribution in [3.8, 4) is 0 Å². The number of nitrogens with two attached hydrogens (primary N) is 2. The van der Waals surface area contributed by atoms with Crippen molar-refractivity contribution in [2.45, 2.75) is 18.9 Å². The maximum Gasteiger partial charge on any atom is 0.248 e. The van der Waals surface area contributed by atoms with Crippen molar-refractivity contribution >= 4 is 56.7 Å². The van der Waals surface area contributed by atoms with E-state index >= 15 is 0 Å². The predicted molar refractivity (Wildman–Crippen MR) is 110 cm³/mol. The lowest BCUT2D eigenvalue weighted by Crippen LogP contribution is -2.19. The number of hydrogen-bond acceptors (Lipinski definition) is 7. The maximum atomic E-state index is 12.4. The van der Waals surface area contributed by atoms with E-state index in [0.29, 0.717) is 0 Å². The molecule has 0 aliphatic heterocycles. The molecule has 28 heavy (non-hydrogen) atoms. The number of aromatic nitrogens is 2. The van der Waals surface area contributed by atoms with Gasteiger partial charge in [0.1, 0.15) is 16.2 Å². The summed E-state index contributed by atoms with van der Waals surface area (Å²) in [6, 6.07) is 4.08. The highest BCUT2D eigenvalue weighted by Gasteiger charge is 2.15. The van der Waals surface area contributed by atoms with Gasteiger partial charge in [-0.15, -0.1) is 11.3 Å². The quantitative estimate of drug-likeness (QED) is 0.416. The van der Waals surface area contributed by atoms with Crippen molar-refractivity contribution in [3.05, 3.63) is 46.1 Å². The molecule has 5 N–H and O–H groups in total. The number of primary amides is 2. The highest BCUT2D eigenvalue weighted by atomic mass is 32.2. The van der Waals surface area contributed by atoms with Crippen LogP contribution in [-0.2, 0) is 4.79 Å². The fourth-order valence-electron chi connectivity index (χ4n) is 2.57. The van der Waals surface area contributed by atoms with Crippen molar-refractivity contribution in [1.29, 1.82) is 0 Å². The molecule has 0 saturated carbocycles. The molecular formula is C18H17N5O3S2. The number of carbonyl (C=O) groups excluding carboxylic acids is 3. The van der Waals surface area contributed by atoms with Gasteiger partial charge in [-0.25, -0.2) is 9.97 Å². The molecule has 3 rings (SSSR count). The molecule has 0 aliphatic rings. The molecule has 8 nitrogen and oxygen atoms in total. The summed E-state index contributed by atoms with van der Waals surface area (Å²) >= 11 is 2.87. The monoisotopic (exact) mass is 415 g/mol. The van der Waals surface area contributed by atoms with Crippen molar-refractivity contribution < 1.29 is 14.4 Å². The summed E-state index contributed by atoms with van der Waals surface area (Å²) in [5.41, 5.74) is 12.1. The van der Waals surface area contributed by atoms with Gasteiger partial charge in [-0.3, -0.25) is 14.4 Å². The Bertz CT molecular complexity index is 1080. The van der Waals surface area contributed by atoms with Gasteiger partial charge in [0.25, 0.3) is 0 Å². The summed E-state index contributed by atoms with van der Waals surface area (Å²) in [4.78, 5) is 45.8. The Morgan fingerprint density at radius 2 is 1.71 bits per heavy atom. The maximum absolute atomic E-state index is 12.4. The Balaban J connectivity index is 1.77. The number of fused-ring (bicyclic) bond motifs is 1. The molecule has 0 fully saturated rings. The minimum Gasteiger partial charge on any atom is -0.366 e. The number of anilines is 1. The number of rotatable bonds is 6. The van der Waals surface area contributed by atoms with E-state index in [0.717, 1.165) is 25.7 Å². The van der Waals surface area contributed by atoms with Crippen LogP contribution in [0.1, 0.15) is 31.2 Å². The van der Waals surface area contributed by atoms with Crippen LogP contribution < -0.4 is 16.8 Å². The Labute approximate surface area is 168 Å². The number of amides is 3. The standard InChI is InChI=1S/C18H17N5O3S2/c1-8-9(2)28-18-14(8)17(21-7-22-18)27-6-13(24)23-12-4-10(15(19)25)3-11(5-12)16(20)26/h3-5,7H,6H2,1-2H3,(H2,19,25)(H2,20,26)(H,23,24). The molecule has 144 valence electrons. The van der Waals surface area contributed by atoms with E-state index in [1.807, 2.05) is 13.8 Å². The van der Waals surface area contributed by atoms with E-state index in [1.54, 1.807) is 11.3 Å². The van der Waals surface area contributed by atoms with E-state index in [1.165, 1.54) is 36.3 Å². The van der Waals surface area contributed by atoms with E-state index in [2.05, 4.69) is 15.3 Å². The lowest BCUT2D eigenvalue weighted by molar-refractivity contribution is -0.113. The second-order valence-electron chi connectivity index (χ2n) is 6.01. The Hall–Kier alpha value is -2.98. The van der Waals surface area contributed by atoms with Gasteiger partial charge in [0.05, 0.1) is 5.75 Å². The molecule has 0 unspecified atom stereocenters. The molecule has 0 saturated heterocycles. The van der Waals surface area contributed by atoms with Gasteiger partial charge in [0.2, 0.25) is 17.7 Å². The third-order valence-electron chi connectivity index (χ3n) is 4.06. The summed E-state index contributed by atoms with van der Waals surface area (Å²) in [5.74, 6) is -1.68. The first kappa shape index (κ1) is 19.8. The molecule has 10 heteroatoms. The highest BCUT2D eigenvalue weighted by molar-refractivity contribution is 8.00. The molecule has 0 spiro atoms. The third kappa shape index (κ3) is 4.12. The average Bonchev–Trinajstić information content (AvgIpc) is 2.94. The van der Waals surface area contributed by atoms with Crippen LogP contribution in [0.5, 0.6) is 0 Å². The number of benzene rings is 1. The van der Waals surface area contributed by atoms with Crippen LogP contribution in [0.15, 0.2) is 29.6 Å². The summed E-state index contributed by atoms with van der Waals surface area (Å²) in [6.45, 7) is 4.02. The van der Waals surface area contributed by atoms with Crippen molar-refractivity contribution in [3.63, 3.8) is 0 Å². The van der Waals surface area contributed by atoms with Crippen LogP contribution in [0.3, 0.4) is 0 Å². The molecule has 0 radical (unpaired) electrons.